The lowest BCUT2D eigenvalue weighted by Gasteiger charge is -2.54. The van der Waals surface area contributed by atoms with Gasteiger partial charge >= 0.3 is 0 Å². The number of rotatable bonds is 3. The van der Waals surface area contributed by atoms with E-state index < -0.39 is 0 Å². The highest BCUT2D eigenvalue weighted by atomic mass is 16.3. The second kappa shape index (κ2) is 5.05. The third kappa shape index (κ3) is 2.43. The summed E-state index contributed by atoms with van der Waals surface area (Å²) in [6, 6.07) is 0.397. The topological polar surface area (TPSA) is 23.5 Å². The van der Waals surface area contributed by atoms with Crippen LogP contribution in [0.15, 0.2) is 0 Å². The van der Waals surface area contributed by atoms with E-state index in [2.05, 4.69) is 18.7 Å². The van der Waals surface area contributed by atoms with Crippen LogP contribution in [0.1, 0.15) is 52.4 Å². The molecular weight excluding hydrogens is 198 g/mol. The number of hydrogen-bond acceptors (Lipinski definition) is 2. The van der Waals surface area contributed by atoms with Crippen molar-refractivity contribution in [3.05, 3.63) is 0 Å². The monoisotopic (exact) mass is 225 g/mol. The molecule has 0 bridgehead atoms. The van der Waals surface area contributed by atoms with Crippen LogP contribution in [0.5, 0.6) is 0 Å². The van der Waals surface area contributed by atoms with Crippen LogP contribution in [0.3, 0.4) is 0 Å². The van der Waals surface area contributed by atoms with E-state index in [1.54, 1.807) is 0 Å². The lowest BCUT2D eigenvalue weighted by Crippen LogP contribution is -2.61. The molecule has 1 saturated heterocycles. The summed E-state index contributed by atoms with van der Waals surface area (Å²) in [6.07, 6.45) is 8.60. The van der Waals surface area contributed by atoms with Crippen molar-refractivity contribution in [2.24, 2.45) is 11.3 Å². The average Bonchev–Trinajstić information content (AvgIpc) is 2.43. The van der Waals surface area contributed by atoms with Gasteiger partial charge in [0, 0.05) is 19.1 Å². The van der Waals surface area contributed by atoms with Gasteiger partial charge in [-0.25, -0.2) is 0 Å². The quantitative estimate of drug-likeness (QED) is 0.798. The molecule has 16 heavy (non-hydrogen) atoms. The van der Waals surface area contributed by atoms with Crippen LogP contribution < -0.4 is 0 Å². The number of nitrogens with zero attached hydrogens (tertiary/aromatic N) is 1. The molecule has 1 spiro atoms. The van der Waals surface area contributed by atoms with Crippen molar-refractivity contribution in [2.75, 3.05) is 19.7 Å². The molecule has 1 saturated carbocycles. The molecular formula is C14H27NO. The molecule has 0 aromatic heterocycles. The Bertz CT molecular complexity index is 211. The van der Waals surface area contributed by atoms with Crippen molar-refractivity contribution in [3.63, 3.8) is 0 Å². The summed E-state index contributed by atoms with van der Waals surface area (Å²) in [5.74, 6) is 0.577. The predicted octanol–water partition coefficient (Wildman–Crippen LogP) is 2.66. The molecule has 1 atom stereocenters. The lowest BCUT2D eigenvalue weighted by molar-refractivity contribution is -0.0674. The molecule has 1 aliphatic carbocycles. The Balaban J connectivity index is 1.87. The Morgan fingerprint density at radius 3 is 2.06 bits per heavy atom. The van der Waals surface area contributed by atoms with E-state index in [0.717, 1.165) is 0 Å². The van der Waals surface area contributed by atoms with Crippen LogP contribution in [0, 0.1) is 11.3 Å². The van der Waals surface area contributed by atoms with E-state index in [0.29, 0.717) is 24.0 Å². The van der Waals surface area contributed by atoms with E-state index in [-0.39, 0.29) is 0 Å². The van der Waals surface area contributed by atoms with Gasteiger partial charge in [0.2, 0.25) is 0 Å². The molecule has 0 radical (unpaired) electrons. The number of hydrogen-bond donors (Lipinski definition) is 1. The van der Waals surface area contributed by atoms with Gasteiger partial charge in [0.25, 0.3) is 0 Å². The summed E-state index contributed by atoms with van der Waals surface area (Å²) in [5.41, 5.74) is 0.638. The molecule has 2 heteroatoms. The van der Waals surface area contributed by atoms with Gasteiger partial charge in [-0.2, -0.15) is 0 Å². The minimum Gasteiger partial charge on any atom is -0.395 e. The summed E-state index contributed by atoms with van der Waals surface area (Å²) < 4.78 is 0. The molecule has 2 rings (SSSR count). The highest BCUT2D eigenvalue weighted by molar-refractivity contribution is 4.98. The standard InChI is InChI=1S/C14H27NO/c1-12(2)13(9-16)15-10-14(11-15)7-5-3-4-6-8-14/h12-13,16H,3-11H2,1-2H3. The number of aliphatic hydroxyl groups excluding tert-OH is 1. The molecule has 0 aromatic carbocycles. The van der Waals surface area contributed by atoms with Crippen molar-refractivity contribution >= 4 is 0 Å². The molecule has 94 valence electrons. The second-order valence-corrected chi connectivity index (χ2v) is 6.31. The fourth-order valence-corrected chi connectivity index (χ4v) is 3.59. The van der Waals surface area contributed by atoms with E-state index in [9.17, 15) is 5.11 Å². The van der Waals surface area contributed by atoms with Crippen LogP contribution in [0.4, 0.5) is 0 Å². The highest BCUT2D eigenvalue weighted by Gasteiger charge is 2.45. The zero-order valence-electron chi connectivity index (χ0n) is 10.9. The minimum atomic E-state index is 0.327. The first-order valence-corrected chi connectivity index (χ1v) is 7.02. The molecule has 1 unspecified atom stereocenters. The van der Waals surface area contributed by atoms with Crippen LogP contribution in [-0.4, -0.2) is 35.7 Å². The Labute approximate surface area is 100 Å². The Kier molecular flexibility index (Phi) is 3.91. The minimum absolute atomic E-state index is 0.327. The van der Waals surface area contributed by atoms with Gasteiger partial charge in [-0.15, -0.1) is 0 Å². The van der Waals surface area contributed by atoms with Crippen molar-refractivity contribution in [2.45, 2.75) is 58.4 Å². The van der Waals surface area contributed by atoms with Gasteiger partial charge in [0.15, 0.2) is 0 Å². The highest BCUT2D eigenvalue weighted by Crippen LogP contribution is 2.44. The summed E-state index contributed by atoms with van der Waals surface area (Å²) in [4.78, 5) is 2.51. The number of aliphatic hydroxyl groups is 1. The fourth-order valence-electron chi connectivity index (χ4n) is 3.59. The maximum atomic E-state index is 9.43. The Hall–Kier alpha value is -0.0800. The summed E-state index contributed by atoms with van der Waals surface area (Å²) in [6.45, 7) is 7.26. The van der Waals surface area contributed by atoms with Crippen LogP contribution >= 0.6 is 0 Å². The van der Waals surface area contributed by atoms with Crippen molar-refractivity contribution in [1.29, 1.82) is 0 Å². The molecule has 0 aromatic rings. The fraction of sp³-hybridized carbons (Fsp3) is 1.00. The van der Waals surface area contributed by atoms with Crippen LogP contribution in [0.25, 0.3) is 0 Å². The van der Waals surface area contributed by atoms with E-state index in [1.165, 1.54) is 51.6 Å². The first kappa shape index (κ1) is 12.4. The first-order chi connectivity index (χ1) is 7.67. The zero-order valence-corrected chi connectivity index (χ0v) is 10.9. The number of likely N-dealkylation sites (tertiary alicyclic amines) is 1. The first-order valence-electron chi connectivity index (χ1n) is 7.02. The summed E-state index contributed by atoms with van der Waals surface area (Å²) in [7, 11) is 0. The summed E-state index contributed by atoms with van der Waals surface area (Å²) >= 11 is 0. The third-order valence-electron chi connectivity index (χ3n) is 4.67. The average molecular weight is 225 g/mol. The normalized spacial score (nSPS) is 27.8. The smallest absolute Gasteiger partial charge is 0.0589 e. The second-order valence-electron chi connectivity index (χ2n) is 6.31. The maximum absolute atomic E-state index is 9.43. The van der Waals surface area contributed by atoms with Gasteiger partial charge in [0.05, 0.1) is 6.61 Å². The molecule has 1 heterocycles. The van der Waals surface area contributed by atoms with Gasteiger partial charge in [-0.1, -0.05) is 39.5 Å². The van der Waals surface area contributed by atoms with E-state index >= 15 is 0 Å². The van der Waals surface area contributed by atoms with Crippen LogP contribution in [-0.2, 0) is 0 Å². The van der Waals surface area contributed by atoms with E-state index in [1.807, 2.05) is 0 Å². The van der Waals surface area contributed by atoms with Crippen molar-refractivity contribution < 1.29 is 5.11 Å². The zero-order chi connectivity index (χ0) is 11.6. The van der Waals surface area contributed by atoms with Gasteiger partial charge in [-0.3, -0.25) is 4.90 Å². The predicted molar refractivity (Wildman–Crippen MR) is 67.4 cm³/mol. The summed E-state index contributed by atoms with van der Waals surface area (Å²) in [5, 5.41) is 9.43. The van der Waals surface area contributed by atoms with Gasteiger partial charge in [0.1, 0.15) is 0 Å². The van der Waals surface area contributed by atoms with E-state index in [4.69, 9.17) is 0 Å². The van der Waals surface area contributed by atoms with Crippen LogP contribution in [0.2, 0.25) is 0 Å². The largest absolute Gasteiger partial charge is 0.395 e. The third-order valence-corrected chi connectivity index (χ3v) is 4.67. The molecule has 2 fully saturated rings. The maximum Gasteiger partial charge on any atom is 0.0589 e. The molecule has 2 nitrogen and oxygen atoms in total. The van der Waals surface area contributed by atoms with Gasteiger partial charge < -0.3 is 5.11 Å². The lowest BCUT2D eigenvalue weighted by atomic mass is 9.72. The molecule has 2 aliphatic rings. The molecule has 0 amide bonds. The molecule has 1 aliphatic heterocycles. The van der Waals surface area contributed by atoms with Crippen molar-refractivity contribution in [3.8, 4) is 0 Å². The SMILES string of the molecule is CC(C)C(CO)N1CC2(CCCCCC2)C1. The van der Waals surface area contributed by atoms with Gasteiger partial charge in [-0.05, 0) is 24.2 Å². The Morgan fingerprint density at radius 1 is 1.06 bits per heavy atom. The van der Waals surface area contributed by atoms with Crippen molar-refractivity contribution in [1.82, 2.24) is 4.90 Å². The Morgan fingerprint density at radius 2 is 1.62 bits per heavy atom. The molecule has 1 N–H and O–H groups in total.